The third kappa shape index (κ3) is 5.25. The van der Waals surface area contributed by atoms with Crippen LogP contribution in [0.1, 0.15) is 24.5 Å². The van der Waals surface area contributed by atoms with E-state index in [2.05, 4.69) is 5.32 Å². The molecule has 0 bridgehead atoms. The molecule has 29 heavy (non-hydrogen) atoms. The number of halogens is 3. The molecule has 0 radical (unpaired) electrons. The number of amides is 1. The van der Waals surface area contributed by atoms with Crippen molar-refractivity contribution in [3.63, 3.8) is 0 Å². The minimum atomic E-state index is -0.504. The minimum Gasteiger partial charge on any atom is -0.490 e. The Balaban J connectivity index is 1.72. The van der Waals surface area contributed by atoms with E-state index in [0.29, 0.717) is 33.5 Å². The van der Waals surface area contributed by atoms with Crippen LogP contribution in [0.25, 0.3) is 5.57 Å². The Hall–Kier alpha value is -2.63. The van der Waals surface area contributed by atoms with E-state index in [-0.39, 0.29) is 35.9 Å². The number of allylic oxidation sites excluding steroid dienone is 4. The lowest BCUT2D eigenvalue weighted by Gasteiger charge is -2.14. The average molecular weight is 434 g/mol. The van der Waals surface area contributed by atoms with E-state index in [1.807, 2.05) is 0 Å². The number of carbonyl (C=O) groups excluding carboxylic acids is 2. The van der Waals surface area contributed by atoms with Crippen LogP contribution in [0.2, 0.25) is 10.0 Å². The quantitative estimate of drug-likeness (QED) is 0.645. The smallest absolute Gasteiger partial charge is 0.228 e. The molecule has 2 aromatic rings. The van der Waals surface area contributed by atoms with Gasteiger partial charge in [0.05, 0.1) is 23.1 Å². The van der Waals surface area contributed by atoms with E-state index < -0.39 is 5.82 Å². The van der Waals surface area contributed by atoms with Crippen LogP contribution in [0.5, 0.6) is 0 Å². The van der Waals surface area contributed by atoms with Gasteiger partial charge in [-0.05, 0) is 54.0 Å². The van der Waals surface area contributed by atoms with Crippen molar-refractivity contribution in [1.29, 1.82) is 0 Å². The molecule has 0 fully saturated rings. The molecule has 1 N–H and O–H groups in total. The highest BCUT2D eigenvalue weighted by Gasteiger charge is 2.17. The summed E-state index contributed by atoms with van der Waals surface area (Å²) >= 11 is 11.8. The number of anilines is 1. The van der Waals surface area contributed by atoms with Gasteiger partial charge in [0.2, 0.25) is 11.7 Å². The summed E-state index contributed by atoms with van der Waals surface area (Å²) in [5.41, 5.74) is 2.06. The van der Waals surface area contributed by atoms with Gasteiger partial charge in [-0.25, -0.2) is 4.39 Å². The number of hydrogen-bond acceptors (Lipinski definition) is 3. The van der Waals surface area contributed by atoms with Crippen molar-refractivity contribution in [3.05, 3.63) is 81.3 Å². The van der Waals surface area contributed by atoms with E-state index in [0.717, 1.165) is 0 Å². The van der Waals surface area contributed by atoms with Gasteiger partial charge in [-0.1, -0.05) is 41.4 Å². The summed E-state index contributed by atoms with van der Waals surface area (Å²) in [5, 5.41) is 3.36. The first-order valence-electron chi connectivity index (χ1n) is 8.99. The molecule has 1 aliphatic carbocycles. The van der Waals surface area contributed by atoms with Crippen molar-refractivity contribution >= 4 is 46.2 Å². The van der Waals surface area contributed by atoms with Gasteiger partial charge in [-0.3, -0.25) is 9.59 Å². The monoisotopic (exact) mass is 433 g/mol. The highest BCUT2D eigenvalue weighted by atomic mass is 35.5. The van der Waals surface area contributed by atoms with Crippen LogP contribution in [-0.4, -0.2) is 18.3 Å². The standard InChI is InChI=1S/C22H18Cl2FNO3/c1-2-29-21-10-14(5-8-20(21)27)13-3-4-15(19(25)9-13)11-22(28)26-16-6-7-17(23)18(24)12-16/h3-7,9-10,12H,2,8,11H2,1H3,(H,26,28). The third-order valence-electron chi connectivity index (χ3n) is 4.31. The number of carbonyl (C=O) groups is 2. The summed E-state index contributed by atoms with van der Waals surface area (Å²) in [4.78, 5) is 24.1. The molecular formula is C22H18Cl2FNO3. The lowest BCUT2D eigenvalue weighted by atomic mass is 9.96. The molecule has 0 atom stereocenters. The van der Waals surface area contributed by atoms with Crippen LogP contribution >= 0.6 is 23.2 Å². The molecule has 4 nitrogen and oxygen atoms in total. The molecule has 0 heterocycles. The zero-order valence-electron chi connectivity index (χ0n) is 15.6. The lowest BCUT2D eigenvalue weighted by Crippen LogP contribution is -2.15. The number of hydrogen-bond donors (Lipinski definition) is 1. The molecule has 0 saturated heterocycles. The van der Waals surface area contributed by atoms with E-state index in [4.69, 9.17) is 27.9 Å². The number of ketones is 1. The molecule has 0 unspecified atom stereocenters. The van der Waals surface area contributed by atoms with Crippen LogP contribution in [0.4, 0.5) is 10.1 Å². The van der Waals surface area contributed by atoms with E-state index in [9.17, 15) is 14.0 Å². The molecule has 0 aliphatic heterocycles. The Morgan fingerprint density at radius 1 is 1.17 bits per heavy atom. The summed E-state index contributed by atoms with van der Waals surface area (Å²) < 4.78 is 19.9. The third-order valence-corrected chi connectivity index (χ3v) is 5.05. The Kier molecular flexibility index (Phi) is 6.72. The second kappa shape index (κ2) is 9.25. The maximum absolute atomic E-state index is 14.6. The fourth-order valence-corrected chi connectivity index (χ4v) is 3.18. The first kappa shape index (κ1) is 21.1. The Morgan fingerprint density at radius 2 is 1.97 bits per heavy atom. The van der Waals surface area contributed by atoms with E-state index >= 15 is 0 Å². The van der Waals surface area contributed by atoms with Crippen molar-refractivity contribution in [1.82, 2.24) is 0 Å². The number of benzene rings is 2. The summed E-state index contributed by atoms with van der Waals surface area (Å²) in [6.45, 7) is 2.18. The minimum absolute atomic E-state index is 0.105. The van der Waals surface area contributed by atoms with Crippen LogP contribution in [0.15, 0.2) is 54.3 Å². The van der Waals surface area contributed by atoms with Crippen molar-refractivity contribution < 1.29 is 18.7 Å². The lowest BCUT2D eigenvalue weighted by molar-refractivity contribution is -0.118. The largest absolute Gasteiger partial charge is 0.490 e. The molecule has 1 amide bonds. The summed E-state index contributed by atoms with van der Waals surface area (Å²) in [6, 6.07) is 9.34. The van der Waals surface area contributed by atoms with Gasteiger partial charge in [-0.2, -0.15) is 0 Å². The second-order valence-corrected chi connectivity index (χ2v) is 7.20. The summed E-state index contributed by atoms with van der Waals surface area (Å²) in [6.07, 6.45) is 3.41. The topological polar surface area (TPSA) is 55.4 Å². The Labute approximate surface area is 178 Å². The molecular weight excluding hydrogens is 416 g/mol. The number of rotatable bonds is 6. The molecule has 7 heteroatoms. The van der Waals surface area contributed by atoms with Crippen LogP contribution in [-0.2, 0) is 20.7 Å². The fraction of sp³-hybridized carbons (Fsp3) is 0.182. The highest BCUT2D eigenvalue weighted by molar-refractivity contribution is 6.42. The SMILES string of the molecule is CCOC1=CC(c2ccc(CC(=O)Nc3ccc(Cl)c(Cl)c3)c(F)c2)=CCC1=O. The van der Waals surface area contributed by atoms with Crippen molar-refractivity contribution in [2.45, 2.75) is 19.8 Å². The number of nitrogens with one attached hydrogen (secondary N) is 1. The zero-order chi connectivity index (χ0) is 21.0. The predicted octanol–water partition coefficient (Wildman–Crippen LogP) is 5.59. The van der Waals surface area contributed by atoms with Crippen molar-refractivity contribution in [2.75, 3.05) is 11.9 Å². The van der Waals surface area contributed by atoms with Gasteiger partial charge in [-0.15, -0.1) is 0 Å². The Bertz CT molecular complexity index is 1030. The normalized spacial score (nSPS) is 13.6. The molecule has 150 valence electrons. The van der Waals surface area contributed by atoms with Crippen LogP contribution in [0.3, 0.4) is 0 Å². The molecule has 0 spiro atoms. The summed E-state index contributed by atoms with van der Waals surface area (Å²) in [7, 11) is 0. The van der Waals surface area contributed by atoms with Crippen LogP contribution in [0, 0.1) is 5.82 Å². The first-order chi connectivity index (χ1) is 13.9. The van der Waals surface area contributed by atoms with E-state index in [1.54, 1.807) is 43.3 Å². The fourth-order valence-electron chi connectivity index (χ4n) is 2.89. The molecule has 0 saturated carbocycles. The van der Waals surface area contributed by atoms with Gasteiger partial charge < -0.3 is 10.1 Å². The summed E-state index contributed by atoms with van der Waals surface area (Å²) in [5.74, 6) is -0.714. The number of ether oxygens (including phenoxy) is 1. The molecule has 1 aliphatic rings. The maximum atomic E-state index is 14.6. The van der Waals surface area contributed by atoms with Gasteiger partial charge >= 0.3 is 0 Å². The molecule has 0 aromatic heterocycles. The van der Waals surface area contributed by atoms with Crippen LogP contribution < -0.4 is 5.32 Å². The van der Waals surface area contributed by atoms with Gasteiger partial charge in [0.25, 0.3) is 0 Å². The number of Topliss-reactive ketones (excluding diaryl/α,β-unsaturated/α-hetero) is 1. The highest BCUT2D eigenvalue weighted by Crippen LogP contribution is 2.27. The predicted molar refractivity (Wildman–Crippen MR) is 113 cm³/mol. The van der Waals surface area contributed by atoms with Crippen molar-refractivity contribution in [2.24, 2.45) is 0 Å². The van der Waals surface area contributed by atoms with Gasteiger partial charge in [0.1, 0.15) is 5.82 Å². The van der Waals surface area contributed by atoms with E-state index in [1.165, 1.54) is 12.1 Å². The maximum Gasteiger partial charge on any atom is 0.228 e. The van der Waals surface area contributed by atoms with Gasteiger partial charge in [0.15, 0.2) is 5.76 Å². The average Bonchev–Trinajstić information content (AvgIpc) is 2.68. The Morgan fingerprint density at radius 3 is 2.66 bits per heavy atom. The molecule has 2 aromatic carbocycles. The second-order valence-electron chi connectivity index (χ2n) is 6.39. The zero-order valence-corrected chi connectivity index (χ0v) is 17.1. The van der Waals surface area contributed by atoms with Gasteiger partial charge in [0, 0.05) is 12.1 Å². The van der Waals surface area contributed by atoms with Crippen molar-refractivity contribution in [3.8, 4) is 0 Å². The first-order valence-corrected chi connectivity index (χ1v) is 9.74. The molecule has 3 rings (SSSR count).